The van der Waals surface area contributed by atoms with Crippen LogP contribution in [0.15, 0.2) is 29.4 Å². The molecule has 96 valence electrons. The van der Waals surface area contributed by atoms with E-state index in [1.807, 2.05) is 12.1 Å². The number of pyridine rings is 1. The van der Waals surface area contributed by atoms with Crippen molar-refractivity contribution in [3.63, 3.8) is 0 Å². The van der Waals surface area contributed by atoms with E-state index in [2.05, 4.69) is 15.6 Å². The molecule has 1 saturated heterocycles. The van der Waals surface area contributed by atoms with Crippen LogP contribution >= 0.6 is 11.8 Å². The first-order valence-corrected chi connectivity index (χ1v) is 6.81. The maximum atomic E-state index is 11.7. The molecule has 1 aliphatic rings. The molecule has 5 nitrogen and oxygen atoms in total. The van der Waals surface area contributed by atoms with Crippen molar-refractivity contribution in [1.29, 1.82) is 0 Å². The third-order valence-electron chi connectivity index (χ3n) is 2.65. The van der Waals surface area contributed by atoms with E-state index in [1.165, 1.54) is 11.8 Å². The van der Waals surface area contributed by atoms with Gasteiger partial charge in [-0.25, -0.2) is 0 Å². The van der Waals surface area contributed by atoms with E-state index in [1.54, 1.807) is 12.4 Å². The van der Waals surface area contributed by atoms with Crippen LogP contribution in [0.1, 0.15) is 12.8 Å². The summed E-state index contributed by atoms with van der Waals surface area (Å²) >= 11 is 1.48. The summed E-state index contributed by atoms with van der Waals surface area (Å²) in [4.78, 5) is 27.6. The van der Waals surface area contributed by atoms with Gasteiger partial charge in [-0.2, -0.15) is 0 Å². The molecule has 0 aliphatic carbocycles. The van der Waals surface area contributed by atoms with E-state index in [0.29, 0.717) is 18.7 Å². The number of hydrogen-bond donors (Lipinski definition) is 2. The molecule has 1 fully saturated rings. The third-order valence-corrected chi connectivity index (χ3v) is 3.66. The predicted octanol–water partition coefficient (Wildman–Crippen LogP) is 0.568. The smallest absolute Gasteiger partial charge is 0.230 e. The van der Waals surface area contributed by atoms with Crippen LogP contribution in [0, 0.1) is 0 Å². The quantitative estimate of drug-likeness (QED) is 0.781. The molecule has 2 heterocycles. The van der Waals surface area contributed by atoms with Gasteiger partial charge in [-0.3, -0.25) is 14.6 Å². The number of aromatic nitrogens is 1. The minimum absolute atomic E-state index is 0.00189. The second-order valence-electron chi connectivity index (χ2n) is 4.08. The summed E-state index contributed by atoms with van der Waals surface area (Å²) in [5.74, 6) is 0.443. The van der Waals surface area contributed by atoms with Crippen molar-refractivity contribution >= 4 is 23.6 Å². The molecule has 2 amide bonds. The minimum atomic E-state index is -0.00189. The molecule has 1 aliphatic heterocycles. The van der Waals surface area contributed by atoms with Crippen molar-refractivity contribution in [1.82, 2.24) is 15.6 Å². The summed E-state index contributed by atoms with van der Waals surface area (Å²) in [6.45, 7) is 0.532. The van der Waals surface area contributed by atoms with E-state index in [-0.39, 0.29) is 17.9 Å². The Kier molecular flexibility index (Phi) is 4.58. The van der Waals surface area contributed by atoms with E-state index in [0.717, 1.165) is 11.3 Å². The van der Waals surface area contributed by atoms with E-state index >= 15 is 0 Å². The molecule has 18 heavy (non-hydrogen) atoms. The van der Waals surface area contributed by atoms with Crippen LogP contribution < -0.4 is 10.6 Å². The molecule has 1 atom stereocenters. The normalized spacial score (nSPS) is 19.1. The van der Waals surface area contributed by atoms with Crippen molar-refractivity contribution in [2.45, 2.75) is 23.8 Å². The highest BCUT2D eigenvalue weighted by Crippen LogP contribution is 2.15. The summed E-state index contributed by atoms with van der Waals surface area (Å²) < 4.78 is 0. The van der Waals surface area contributed by atoms with Gasteiger partial charge in [-0.05, 0) is 18.6 Å². The minimum Gasteiger partial charge on any atom is -0.354 e. The Labute approximate surface area is 110 Å². The van der Waals surface area contributed by atoms with E-state index in [4.69, 9.17) is 0 Å². The third kappa shape index (κ3) is 4.03. The highest BCUT2D eigenvalue weighted by Gasteiger charge is 2.19. The van der Waals surface area contributed by atoms with Crippen LogP contribution in [-0.2, 0) is 9.59 Å². The molecule has 0 spiro atoms. The standard InChI is InChI=1S/C12H15N3O2S/c16-11-2-1-9(7-14-11)15-12(17)8-18-10-3-5-13-6-4-10/h3-6,9H,1-2,7-8H2,(H,14,16)(H,15,17). The lowest BCUT2D eigenvalue weighted by Crippen LogP contribution is -2.48. The van der Waals surface area contributed by atoms with Crippen LogP contribution in [-0.4, -0.2) is 35.1 Å². The number of piperidine rings is 1. The monoisotopic (exact) mass is 265 g/mol. The molecule has 2 N–H and O–H groups in total. The average Bonchev–Trinajstić information content (AvgIpc) is 2.40. The Morgan fingerprint density at radius 2 is 2.28 bits per heavy atom. The number of nitrogens with one attached hydrogen (secondary N) is 2. The van der Waals surface area contributed by atoms with Gasteiger partial charge in [0.15, 0.2) is 0 Å². The van der Waals surface area contributed by atoms with Gasteiger partial charge in [0, 0.05) is 36.3 Å². The second kappa shape index (κ2) is 6.39. The lowest BCUT2D eigenvalue weighted by atomic mass is 10.1. The molecule has 2 rings (SSSR count). The summed E-state index contributed by atoms with van der Waals surface area (Å²) in [6, 6.07) is 3.81. The highest BCUT2D eigenvalue weighted by atomic mass is 32.2. The lowest BCUT2D eigenvalue weighted by Gasteiger charge is -2.23. The number of carbonyl (C=O) groups is 2. The zero-order valence-electron chi connectivity index (χ0n) is 9.89. The molecule has 1 aromatic heterocycles. The zero-order chi connectivity index (χ0) is 12.8. The first kappa shape index (κ1) is 12.9. The molecular formula is C12H15N3O2S. The topological polar surface area (TPSA) is 71.1 Å². The number of hydrogen-bond acceptors (Lipinski definition) is 4. The lowest BCUT2D eigenvalue weighted by molar-refractivity contribution is -0.124. The summed E-state index contributed by atoms with van der Waals surface area (Å²) in [7, 11) is 0. The number of amides is 2. The number of thioether (sulfide) groups is 1. The second-order valence-corrected chi connectivity index (χ2v) is 5.13. The Morgan fingerprint density at radius 1 is 1.50 bits per heavy atom. The van der Waals surface area contributed by atoms with Gasteiger partial charge in [-0.15, -0.1) is 11.8 Å². The number of rotatable bonds is 4. The molecule has 0 saturated carbocycles. The average molecular weight is 265 g/mol. The highest BCUT2D eigenvalue weighted by molar-refractivity contribution is 8.00. The fraction of sp³-hybridized carbons (Fsp3) is 0.417. The van der Waals surface area contributed by atoms with Gasteiger partial charge in [0.1, 0.15) is 0 Å². The van der Waals surface area contributed by atoms with Gasteiger partial charge in [0.2, 0.25) is 11.8 Å². The van der Waals surface area contributed by atoms with Gasteiger partial charge in [-0.1, -0.05) is 0 Å². The van der Waals surface area contributed by atoms with Gasteiger partial charge < -0.3 is 10.6 Å². The predicted molar refractivity (Wildman–Crippen MR) is 69.1 cm³/mol. The Bertz CT molecular complexity index is 415. The van der Waals surface area contributed by atoms with Crippen molar-refractivity contribution in [2.75, 3.05) is 12.3 Å². The van der Waals surface area contributed by atoms with Crippen molar-refractivity contribution in [3.05, 3.63) is 24.5 Å². The van der Waals surface area contributed by atoms with E-state index < -0.39 is 0 Å². The Morgan fingerprint density at radius 3 is 2.94 bits per heavy atom. The SMILES string of the molecule is O=C1CCC(NC(=O)CSc2ccncc2)CN1. The molecule has 6 heteroatoms. The molecule has 1 unspecified atom stereocenters. The van der Waals surface area contributed by atoms with Crippen LogP contribution in [0.4, 0.5) is 0 Å². The molecular weight excluding hydrogens is 250 g/mol. The summed E-state index contributed by atoms with van der Waals surface area (Å²) in [5.41, 5.74) is 0. The number of nitrogens with zero attached hydrogens (tertiary/aromatic N) is 1. The number of carbonyl (C=O) groups excluding carboxylic acids is 2. The fourth-order valence-electron chi connectivity index (χ4n) is 1.71. The molecule has 0 bridgehead atoms. The maximum absolute atomic E-state index is 11.7. The first-order valence-electron chi connectivity index (χ1n) is 5.83. The van der Waals surface area contributed by atoms with Gasteiger partial charge in [0.05, 0.1) is 5.75 Å². The van der Waals surface area contributed by atoms with Crippen LogP contribution in [0.3, 0.4) is 0 Å². The fourth-order valence-corrected chi connectivity index (χ4v) is 2.40. The van der Waals surface area contributed by atoms with Crippen LogP contribution in [0.25, 0.3) is 0 Å². The van der Waals surface area contributed by atoms with Gasteiger partial charge >= 0.3 is 0 Å². The van der Waals surface area contributed by atoms with Crippen molar-refractivity contribution in [2.24, 2.45) is 0 Å². The zero-order valence-corrected chi connectivity index (χ0v) is 10.7. The largest absolute Gasteiger partial charge is 0.354 e. The van der Waals surface area contributed by atoms with Crippen LogP contribution in [0.2, 0.25) is 0 Å². The molecule has 0 aromatic carbocycles. The molecule has 1 aromatic rings. The van der Waals surface area contributed by atoms with Crippen molar-refractivity contribution < 1.29 is 9.59 Å². The van der Waals surface area contributed by atoms with Crippen molar-refractivity contribution in [3.8, 4) is 0 Å². The van der Waals surface area contributed by atoms with Crippen LogP contribution in [0.5, 0.6) is 0 Å². The Balaban J connectivity index is 1.71. The van der Waals surface area contributed by atoms with E-state index in [9.17, 15) is 9.59 Å². The first-order chi connectivity index (χ1) is 8.74. The Hall–Kier alpha value is -1.56. The van der Waals surface area contributed by atoms with Gasteiger partial charge in [0.25, 0.3) is 0 Å². The summed E-state index contributed by atoms with van der Waals surface area (Å²) in [5, 5.41) is 5.66. The summed E-state index contributed by atoms with van der Waals surface area (Å²) in [6.07, 6.45) is 4.62. The molecule has 0 radical (unpaired) electrons. The maximum Gasteiger partial charge on any atom is 0.230 e.